The van der Waals surface area contributed by atoms with Gasteiger partial charge in [-0.25, -0.2) is 0 Å². The van der Waals surface area contributed by atoms with Gasteiger partial charge in [-0.1, -0.05) is 77.6 Å². The largest absolute Gasteiger partial charge is 0.420 e. The van der Waals surface area contributed by atoms with Crippen molar-refractivity contribution in [3.05, 3.63) is 83.8 Å². The third-order valence-corrected chi connectivity index (χ3v) is 5.36. The van der Waals surface area contributed by atoms with E-state index < -0.39 is 0 Å². The van der Waals surface area contributed by atoms with Gasteiger partial charge in [0.25, 0.3) is 11.1 Å². The molecule has 0 bridgehead atoms. The van der Waals surface area contributed by atoms with Crippen molar-refractivity contribution in [1.82, 2.24) is 25.6 Å². The molecular formula is C22H17N5O3S. The molecule has 0 N–H and O–H groups in total. The molecule has 0 saturated carbocycles. The summed E-state index contributed by atoms with van der Waals surface area (Å²) >= 11 is 1.34. The lowest BCUT2D eigenvalue weighted by molar-refractivity contribution is 0.399. The Morgan fingerprint density at radius 1 is 0.806 bits per heavy atom. The zero-order valence-corrected chi connectivity index (χ0v) is 17.4. The van der Waals surface area contributed by atoms with E-state index in [1.54, 1.807) is 0 Å². The highest BCUT2D eigenvalue weighted by atomic mass is 32.2. The number of thioether (sulfide) groups is 1. The van der Waals surface area contributed by atoms with Gasteiger partial charge in [0.2, 0.25) is 11.8 Å². The van der Waals surface area contributed by atoms with Gasteiger partial charge < -0.3 is 13.4 Å². The van der Waals surface area contributed by atoms with Crippen LogP contribution in [0.25, 0.3) is 22.7 Å². The minimum absolute atomic E-state index is 0.364. The summed E-state index contributed by atoms with van der Waals surface area (Å²) in [6.45, 7) is 1.82. The van der Waals surface area contributed by atoms with Crippen LogP contribution in [0.4, 0.5) is 0 Å². The lowest BCUT2D eigenvalue weighted by Gasteiger charge is -1.98. The van der Waals surface area contributed by atoms with Crippen LogP contribution in [0.2, 0.25) is 0 Å². The van der Waals surface area contributed by atoms with Crippen LogP contribution in [0, 0.1) is 6.92 Å². The second kappa shape index (κ2) is 8.57. The molecule has 0 fully saturated rings. The molecule has 3 aromatic heterocycles. The lowest BCUT2D eigenvalue weighted by atomic mass is 10.1. The second-order valence-electron chi connectivity index (χ2n) is 6.74. The highest BCUT2D eigenvalue weighted by Gasteiger charge is 2.22. The normalized spacial score (nSPS) is 11.1. The molecular weight excluding hydrogens is 414 g/mol. The summed E-state index contributed by atoms with van der Waals surface area (Å²) in [4.78, 5) is 0. The molecule has 5 rings (SSSR count). The van der Waals surface area contributed by atoms with E-state index in [0.717, 1.165) is 11.1 Å². The molecule has 154 valence electrons. The molecule has 2 aromatic carbocycles. The molecule has 0 spiro atoms. The smallest absolute Gasteiger partial charge is 0.277 e. The van der Waals surface area contributed by atoms with Crippen LogP contribution in [-0.2, 0) is 12.2 Å². The summed E-state index contributed by atoms with van der Waals surface area (Å²) in [6.07, 6.45) is 0.591. The number of aryl methyl sites for hydroxylation is 1. The summed E-state index contributed by atoms with van der Waals surface area (Å²) in [7, 11) is 0. The van der Waals surface area contributed by atoms with Gasteiger partial charge in [-0.15, -0.1) is 20.4 Å². The molecule has 8 nitrogen and oxygen atoms in total. The van der Waals surface area contributed by atoms with Crippen LogP contribution in [0.3, 0.4) is 0 Å². The average Bonchev–Trinajstić information content (AvgIpc) is 3.53. The molecule has 0 atom stereocenters. The first-order valence-corrected chi connectivity index (χ1v) is 10.6. The Morgan fingerprint density at radius 3 is 2.35 bits per heavy atom. The van der Waals surface area contributed by atoms with Crippen molar-refractivity contribution in [1.29, 1.82) is 0 Å². The van der Waals surface area contributed by atoms with E-state index in [1.165, 1.54) is 11.8 Å². The molecule has 5 aromatic rings. The van der Waals surface area contributed by atoms with E-state index in [1.807, 2.05) is 67.6 Å². The first kappa shape index (κ1) is 19.3. The first-order chi connectivity index (χ1) is 15.3. The molecule has 0 saturated heterocycles. The summed E-state index contributed by atoms with van der Waals surface area (Å²) in [5.41, 5.74) is 3.39. The molecule has 0 unspecified atom stereocenters. The fraction of sp³-hybridized carbons (Fsp3) is 0.136. The Balaban J connectivity index is 1.28. The number of hydrogen-bond donors (Lipinski definition) is 0. The Hall–Kier alpha value is -3.72. The zero-order valence-electron chi connectivity index (χ0n) is 16.6. The van der Waals surface area contributed by atoms with Crippen molar-refractivity contribution < 1.29 is 13.4 Å². The Kier molecular flexibility index (Phi) is 5.32. The highest BCUT2D eigenvalue weighted by Crippen LogP contribution is 2.34. The van der Waals surface area contributed by atoms with Crippen molar-refractivity contribution in [3.8, 4) is 22.7 Å². The third-order valence-electron chi connectivity index (χ3n) is 4.56. The van der Waals surface area contributed by atoms with E-state index in [9.17, 15) is 0 Å². The molecule has 31 heavy (non-hydrogen) atoms. The minimum atomic E-state index is 0.364. The Bertz CT molecular complexity index is 1280. The van der Waals surface area contributed by atoms with Gasteiger partial charge in [0.1, 0.15) is 17.0 Å². The van der Waals surface area contributed by atoms with E-state index in [-0.39, 0.29) is 0 Å². The van der Waals surface area contributed by atoms with Crippen LogP contribution >= 0.6 is 11.8 Å². The fourth-order valence-corrected chi connectivity index (χ4v) is 3.71. The van der Waals surface area contributed by atoms with Gasteiger partial charge in [-0.2, -0.15) is 0 Å². The maximum atomic E-state index is 5.86. The van der Waals surface area contributed by atoms with E-state index in [0.29, 0.717) is 52.1 Å². The predicted molar refractivity (Wildman–Crippen MR) is 113 cm³/mol. The molecule has 0 aliphatic rings. The topological polar surface area (TPSA) is 104 Å². The van der Waals surface area contributed by atoms with E-state index in [4.69, 9.17) is 13.4 Å². The zero-order chi connectivity index (χ0) is 21.0. The van der Waals surface area contributed by atoms with Crippen molar-refractivity contribution >= 4 is 11.8 Å². The quantitative estimate of drug-likeness (QED) is 0.330. The van der Waals surface area contributed by atoms with Gasteiger partial charge >= 0.3 is 0 Å². The second-order valence-corrected chi connectivity index (χ2v) is 7.67. The third kappa shape index (κ3) is 4.26. The lowest BCUT2D eigenvalue weighted by Crippen LogP contribution is -1.87. The number of nitrogens with zero attached hydrogens (tertiary/aromatic N) is 5. The summed E-state index contributed by atoms with van der Waals surface area (Å²) in [5, 5.41) is 21.1. The maximum absolute atomic E-state index is 5.86. The highest BCUT2D eigenvalue weighted by molar-refractivity contribution is 7.98. The number of aromatic nitrogens is 5. The first-order valence-electron chi connectivity index (χ1n) is 9.60. The summed E-state index contributed by atoms with van der Waals surface area (Å²) in [6, 6.07) is 19.7. The molecule has 0 aliphatic heterocycles. The van der Waals surface area contributed by atoms with Gasteiger partial charge in [0.15, 0.2) is 0 Å². The summed E-state index contributed by atoms with van der Waals surface area (Å²) in [5.74, 6) is 2.40. The van der Waals surface area contributed by atoms with Crippen molar-refractivity contribution in [2.24, 2.45) is 0 Å². The van der Waals surface area contributed by atoms with Crippen LogP contribution in [0.15, 0.2) is 79.2 Å². The fourth-order valence-electron chi connectivity index (χ4n) is 3.09. The number of rotatable bonds is 7. The van der Waals surface area contributed by atoms with Crippen LogP contribution < -0.4 is 0 Å². The molecule has 9 heteroatoms. The minimum Gasteiger partial charge on any atom is -0.420 e. The number of benzene rings is 2. The Labute approximate surface area is 181 Å². The molecule has 0 aliphatic carbocycles. The summed E-state index contributed by atoms with van der Waals surface area (Å²) < 4.78 is 17.0. The van der Waals surface area contributed by atoms with Gasteiger partial charge in [0, 0.05) is 5.56 Å². The van der Waals surface area contributed by atoms with Crippen LogP contribution in [-0.4, -0.2) is 25.6 Å². The molecule has 0 radical (unpaired) electrons. The van der Waals surface area contributed by atoms with Crippen LogP contribution in [0.5, 0.6) is 0 Å². The van der Waals surface area contributed by atoms with Gasteiger partial charge in [-0.3, -0.25) is 0 Å². The van der Waals surface area contributed by atoms with Gasteiger partial charge in [0.05, 0.1) is 12.2 Å². The van der Waals surface area contributed by atoms with Gasteiger partial charge in [-0.05, 0) is 12.5 Å². The van der Waals surface area contributed by atoms with Crippen molar-refractivity contribution in [2.75, 3.05) is 0 Å². The predicted octanol–water partition coefficient (Wildman–Crippen LogP) is 4.97. The Morgan fingerprint density at radius 2 is 1.55 bits per heavy atom. The van der Waals surface area contributed by atoms with Crippen LogP contribution in [0.1, 0.15) is 23.1 Å². The SMILES string of the molecule is Cc1onc(-c2ccccc2)c1-c1nnc(CSc2nnc(Cc3ccccc3)o2)o1. The maximum Gasteiger partial charge on any atom is 0.277 e. The van der Waals surface area contributed by atoms with Crippen molar-refractivity contribution in [2.45, 2.75) is 24.3 Å². The standard InChI is InChI=1S/C22H17N5O3S/c1-14-19(20(27-30-14)16-10-6-3-7-11-16)21-25-24-18(28-21)13-31-22-26-23-17(29-22)12-15-8-4-2-5-9-15/h2-11H,12-13H2,1H3. The molecule has 0 amide bonds. The average molecular weight is 431 g/mol. The van der Waals surface area contributed by atoms with E-state index >= 15 is 0 Å². The molecule has 3 heterocycles. The number of hydrogen-bond acceptors (Lipinski definition) is 9. The van der Waals surface area contributed by atoms with E-state index in [2.05, 4.69) is 25.6 Å². The monoisotopic (exact) mass is 431 g/mol. The van der Waals surface area contributed by atoms with Crippen molar-refractivity contribution in [3.63, 3.8) is 0 Å².